The Morgan fingerprint density at radius 3 is 2.72 bits per heavy atom. The third-order valence-corrected chi connectivity index (χ3v) is 10.4. The molecule has 5 heteroatoms. The van der Waals surface area contributed by atoms with Crippen LogP contribution < -0.4 is 5.32 Å². The summed E-state index contributed by atoms with van der Waals surface area (Å²) in [5.41, 5.74) is 1.44. The molecular formula is C27H39N3O2. The molecule has 0 bridgehead atoms. The summed E-state index contributed by atoms with van der Waals surface area (Å²) in [7, 11) is 2.04. The highest BCUT2D eigenvalue weighted by molar-refractivity contribution is 5.90. The number of carbonyl (C=O) groups is 2. The molecule has 1 saturated heterocycles. The highest BCUT2D eigenvalue weighted by Gasteiger charge is 2.60. The van der Waals surface area contributed by atoms with Gasteiger partial charge in [0.05, 0.1) is 11.9 Å². The van der Waals surface area contributed by atoms with Crippen molar-refractivity contribution in [3.05, 3.63) is 24.5 Å². The Hall–Kier alpha value is -1.91. The maximum absolute atomic E-state index is 12.5. The molecule has 1 aromatic heterocycles. The third-order valence-electron chi connectivity index (χ3n) is 10.4. The zero-order valence-electron chi connectivity index (χ0n) is 20.0. The summed E-state index contributed by atoms with van der Waals surface area (Å²) in [6.07, 6.45) is 14.4. The molecule has 0 aromatic carbocycles. The van der Waals surface area contributed by atoms with Crippen LogP contribution in [0, 0.1) is 34.5 Å². The average molecular weight is 438 g/mol. The fraction of sp³-hybridized carbons (Fsp3) is 0.741. The zero-order chi connectivity index (χ0) is 22.5. The molecule has 1 aromatic rings. The molecule has 2 amide bonds. The second kappa shape index (κ2) is 8.14. The number of hydrogen-bond acceptors (Lipinski definition) is 3. The lowest BCUT2D eigenvalue weighted by atomic mass is 9.46. The monoisotopic (exact) mass is 437 g/mol. The van der Waals surface area contributed by atoms with Gasteiger partial charge in [0.15, 0.2) is 0 Å². The van der Waals surface area contributed by atoms with Gasteiger partial charge in [-0.3, -0.25) is 14.6 Å². The zero-order valence-corrected chi connectivity index (χ0v) is 20.0. The summed E-state index contributed by atoms with van der Waals surface area (Å²) in [4.78, 5) is 31.1. The molecule has 7 atom stereocenters. The van der Waals surface area contributed by atoms with Crippen LogP contribution in [0.5, 0.6) is 0 Å². The van der Waals surface area contributed by atoms with Crippen LogP contribution in [0.15, 0.2) is 24.5 Å². The molecule has 32 heavy (non-hydrogen) atoms. The number of fused-ring (bicyclic) bond motifs is 5. The van der Waals surface area contributed by atoms with E-state index in [4.69, 9.17) is 0 Å². The molecule has 5 rings (SSSR count). The van der Waals surface area contributed by atoms with E-state index in [9.17, 15) is 9.59 Å². The molecule has 1 aliphatic heterocycles. The first-order valence-electron chi connectivity index (χ1n) is 12.8. The quantitative estimate of drug-likeness (QED) is 0.697. The van der Waals surface area contributed by atoms with Gasteiger partial charge in [0.1, 0.15) is 0 Å². The molecule has 0 spiro atoms. The number of anilines is 1. The maximum atomic E-state index is 12.5. The second-order valence-corrected chi connectivity index (χ2v) is 11.6. The minimum atomic E-state index is 0.113. The van der Waals surface area contributed by atoms with Crippen LogP contribution in [0.3, 0.4) is 0 Å². The van der Waals surface area contributed by atoms with Gasteiger partial charge in [-0.05, 0) is 98.0 Å². The summed E-state index contributed by atoms with van der Waals surface area (Å²) >= 11 is 0. The summed E-state index contributed by atoms with van der Waals surface area (Å²) < 4.78 is 0. The van der Waals surface area contributed by atoms with Gasteiger partial charge in [-0.15, -0.1) is 0 Å². The predicted octanol–water partition coefficient (Wildman–Crippen LogP) is 5.28. The van der Waals surface area contributed by atoms with Crippen LogP contribution in [0.2, 0.25) is 0 Å². The molecule has 5 nitrogen and oxygen atoms in total. The van der Waals surface area contributed by atoms with Crippen molar-refractivity contribution >= 4 is 17.5 Å². The Kier molecular flexibility index (Phi) is 5.58. The van der Waals surface area contributed by atoms with E-state index in [0.29, 0.717) is 29.7 Å². The molecule has 2 heterocycles. The van der Waals surface area contributed by atoms with E-state index < -0.39 is 0 Å². The van der Waals surface area contributed by atoms with Crippen molar-refractivity contribution in [1.82, 2.24) is 9.88 Å². The van der Waals surface area contributed by atoms with Gasteiger partial charge >= 0.3 is 0 Å². The Morgan fingerprint density at radius 1 is 1.12 bits per heavy atom. The fourth-order valence-corrected chi connectivity index (χ4v) is 8.70. The number of aromatic nitrogens is 1. The smallest absolute Gasteiger partial charge is 0.224 e. The second-order valence-electron chi connectivity index (χ2n) is 11.6. The van der Waals surface area contributed by atoms with Crippen LogP contribution >= 0.6 is 0 Å². The number of likely N-dealkylation sites (tertiary alicyclic amines) is 1. The van der Waals surface area contributed by atoms with E-state index in [-0.39, 0.29) is 11.3 Å². The Morgan fingerprint density at radius 2 is 1.94 bits per heavy atom. The van der Waals surface area contributed by atoms with Crippen LogP contribution in [-0.4, -0.2) is 34.8 Å². The van der Waals surface area contributed by atoms with Crippen LogP contribution in [-0.2, 0) is 9.59 Å². The van der Waals surface area contributed by atoms with Crippen molar-refractivity contribution in [1.29, 1.82) is 0 Å². The van der Waals surface area contributed by atoms with Crippen LogP contribution in [0.1, 0.15) is 78.1 Å². The number of nitrogens with one attached hydrogen (secondary N) is 1. The van der Waals surface area contributed by atoms with Gasteiger partial charge < -0.3 is 10.2 Å². The van der Waals surface area contributed by atoms with E-state index >= 15 is 0 Å². The molecule has 0 radical (unpaired) electrons. The van der Waals surface area contributed by atoms with Gasteiger partial charge in [0.2, 0.25) is 11.8 Å². The standard InChI is InChI=1S/C27H39N3O2/c1-26-14-12-22-20(8-10-23-27(22,2)15-13-25(32)30(23)3)21(26)9-6-18(26)7-11-24(31)29-19-5-4-16-28-17-19/h4-5,16-18,20-23H,6-15H2,1-3H3,(H,29,31)/t18-,20+,21+,22+,23?,26-,27-/m1/s1. The normalized spacial score (nSPS) is 40.9. The molecule has 174 valence electrons. The fourth-order valence-electron chi connectivity index (χ4n) is 8.70. The summed E-state index contributed by atoms with van der Waals surface area (Å²) in [5, 5.41) is 3.01. The highest BCUT2D eigenvalue weighted by Crippen LogP contribution is 2.66. The molecule has 1 N–H and O–H groups in total. The van der Waals surface area contributed by atoms with E-state index in [1.54, 1.807) is 12.4 Å². The summed E-state index contributed by atoms with van der Waals surface area (Å²) in [5.74, 6) is 3.44. The van der Waals surface area contributed by atoms with Gasteiger partial charge in [-0.2, -0.15) is 0 Å². The topological polar surface area (TPSA) is 62.3 Å². The first kappa shape index (κ1) is 21.9. The van der Waals surface area contributed by atoms with Crippen molar-refractivity contribution in [2.24, 2.45) is 34.5 Å². The van der Waals surface area contributed by atoms with Crippen molar-refractivity contribution in [3.8, 4) is 0 Å². The Bertz CT molecular complexity index is 873. The van der Waals surface area contributed by atoms with Gasteiger partial charge in [-0.25, -0.2) is 0 Å². The minimum absolute atomic E-state index is 0.113. The van der Waals surface area contributed by atoms with Crippen molar-refractivity contribution < 1.29 is 9.59 Å². The first-order chi connectivity index (χ1) is 15.3. The van der Waals surface area contributed by atoms with Gasteiger partial charge in [-0.1, -0.05) is 13.8 Å². The Balaban J connectivity index is 1.25. The highest BCUT2D eigenvalue weighted by atomic mass is 16.2. The third kappa shape index (κ3) is 3.47. The van der Waals surface area contributed by atoms with E-state index in [0.717, 1.165) is 42.7 Å². The van der Waals surface area contributed by atoms with Crippen LogP contribution in [0.25, 0.3) is 0 Å². The molecule has 1 unspecified atom stereocenters. The predicted molar refractivity (Wildman–Crippen MR) is 126 cm³/mol. The van der Waals surface area contributed by atoms with E-state index in [1.807, 2.05) is 19.2 Å². The van der Waals surface area contributed by atoms with E-state index in [2.05, 4.69) is 29.0 Å². The number of piperidine rings is 1. The van der Waals surface area contributed by atoms with Crippen LogP contribution in [0.4, 0.5) is 5.69 Å². The average Bonchev–Trinajstić information content (AvgIpc) is 3.12. The number of pyridine rings is 1. The maximum Gasteiger partial charge on any atom is 0.224 e. The van der Waals surface area contributed by atoms with Crippen molar-refractivity contribution in [2.75, 3.05) is 12.4 Å². The summed E-state index contributed by atoms with van der Waals surface area (Å²) in [6, 6.07) is 4.18. The van der Waals surface area contributed by atoms with Gasteiger partial charge in [0, 0.05) is 32.1 Å². The lowest BCUT2D eigenvalue weighted by Crippen LogP contribution is -2.61. The Labute approximate surface area is 192 Å². The number of carbonyl (C=O) groups excluding carboxylic acids is 2. The largest absolute Gasteiger partial charge is 0.342 e. The lowest BCUT2D eigenvalue weighted by molar-refractivity contribution is -0.158. The summed E-state index contributed by atoms with van der Waals surface area (Å²) in [6.45, 7) is 5.03. The molecule has 3 aliphatic carbocycles. The number of nitrogens with zero attached hydrogens (tertiary/aromatic N) is 2. The molecule has 4 fully saturated rings. The molecule has 4 aliphatic rings. The number of rotatable bonds is 4. The number of hydrogen-bond donors (Lipinski definition) is 1. The molecular weight excluding hydrogens is 398 g/mol. The van der Waals surface area contributed by atoms with E-state index in [1.165, 1.54) is 38.5 Å². The van der Waals surface area contributed by atoms with Crippen molar-refractivity contribution in [2.45, 2.75) is 84.1 Å². The lowest BCUT2D eigenvalue weighted by Gasteiger charge is -2.62. The number of amides is 2. The first-order valence-corrected chi connectivity index (χ1v) is 12.8. The SMILES string of the molecule is CN1C(=O)CC[C@@]2(C)C1CC[C@H]1[C@@H]3CC[C@H](CCC(=O)Nc4cccnc4)[C@@]3(C)CC[C@@H]12. The van der Waals surface area contributed by atoms with Crippen molar-refractivity contribution in [3.63, 3.8) is 0 Å². The molecule has 3 saturated carbocycles. The van der Waals surface area contributed by atoms with Gasteiger partial charge in [0.25, 0.3) is 0 Å². The minimum Gasteiger partial charge on any atom is -0.342 e.